The van der Waals surface area contributed by atoms with E-state index in [0.29, 0.717) is 10.6 Å². The lowest BCUT2D eigenvalue weighted by Crippen LogP contribution is -2.21. The van der Waals surface area contributed by atoms with Crippen molar-refractivity contribution in [2.24, 2.45) is 0 Å². The zero-order valence-corrected chi connectivity index (χ0v) is 10.0. The van der Waals surface area contributed by atoms with Gasteiger partial charge in [0.25, 0.3) is 0 Å². The molecule has 82 valence electrons. The summed E-state index contributed by atoms with van der Waals surface area (Å²) in [5.74, 6) is -0.175. The van der Waals surface area contributed by atoms with E-state index >= 15 is 0 Å². The Morgan fingerprint density at radius 1 is 1.27 bits per heavy atom. The molecule has 0 aliphatic carbocycles. The van der Waals surface area contributed by atoms with Crippen molar-refractivity contribution in [3.8, 4) is 0 Å². The predicted octanol–water partition coefficient (Wildman–Crippen LogP) is 3.34. The third-order valence-corrected chi connectivity index (χ3v) is 2.73. The summed E-state index contributed by atoms with van der Waals surface area (Å²) in [6.45, 7) is 0. The lowest BCUT2D eigenvalue weighted by molar-refractivity contribution is 0.0389. The number of hydrogen-bond acceptors (Lipinski definition) is 2. The highest BCUT2D eigenvalue weighted by molar-refractivity contribution is 6.33. The van der Waals surface area contributed by atoms with E-state index in [9.17, 15) is 4.79 Å². The maximum Gasteiger partial charge on any atom is 0.340 e. The van der Waals surface area contributed by atoms with E-state index in [1.54, 1.807) is 24.3 Å². The Kier molecular flexibility index (Phi) is 5.23. The van der Waals surface area contributed by atoms with E-state index in [2.05, 4.69) is 0 Å². The van der Waals surface area contributed by atoms with Gasteiger partial charge in [-0.15, -0.1) is 23.2 Å². The van der Waals surface area contributed by atoms with Crippen LogP contribution in [-0.4, -0.2) is 23.8 Å². The zero-order chi connectivity index (χ0) is 11.3. The van der Waals surface area contributed by atoms with Gasteiger partial charge in [0, 0.05) is 0 Å². The van der Waals surface area contributed by atoms with Gasteiger partial charge in [-0.05, 0) is 12.1 Å². The minimum absolute atomic E-state index is 0.166. The molecule has 0 aliphatic heterocycles. The molecule has 5 heteroatoms. The monoisotopic (exact) mass is 266 g/mol. The molecule has 0 aliphatic rings. The Balaban J connectivity index is 2.73. The van der Waals surface area contributed by atoms with E-state index in [4.69, 9.17) is 39.5 Å². The Labute approximate surface area is 103 Å². The van der Waals surface area contributed by atoms with Crippen molar-refractivity contribution in [3.63, 3.8) is 0 Å². The summed E-state index contributed by atoms with van der Waals surface area (Å²) >= 11 is 16.9. The van der Waals surface area contributed by atoms with Crippen LogP contribution in [-0.2, 0) is 4.74 Å². The number of esters is 1. The number of carbonyl (C=O) groups is 1. The predicted molar refractivity (Wildman–Crippen MR) is 62.1 cm³/mol. The lowest BCUT2D eigenvalue weighted by Gasteiger charge is -2.12. The second kappa shape index (κ2) is 6.21. The summed E-state index contributed by atoms with van der Waals surface area (Å²) in [4.78, 5) is 11.6. The van der Waals surface area contributed by atoms with Crippen LogP contribution in [0.3, 0.4) is 0 Å². The molecule has 1 aromatic rings. The van der Waals surface area contributed by atoms with Crippen LogP contribution in [0, 0.1) is 0 Å². The molecule has 0 bridgehead atoms. The van der Waals surface area contributed by atoms with E-state index < -0.39 is 12.1 Å². The Bertz CT molecular complexity index is 337. The molecule has 0 radical (unpaired) electrons. The van der Waals surface area contributed by atoms with Gasteiger partial charge in [0.2, 0.25) is 0 Å². The molecule has 1 aromatic carbocycles. The summed E-state index contributed by atoms with van der Waals surface area (Å²) in [6, 6.07) is 6.65. The van der Waals surface area contributed by atoms with Crippen LogP contribution < -0.4 is 0 Å². The minimum atomic E-state index is -0.507. The molecule has 0 saturated carbocycles. The topological polar surface area (TPSA) is 26.3 Å². The highest BCUT2D eigenvalue weighted by Gasteiger charge is 2.16. The quantitative estimate of drug-likeness (QED) is 0.618. The second-order valence-electron chi connectivity index (χ2n) is 2.82. The largest absolute Gasteiger partial charge is 0.456 e. The van der Waals surface area contributed by atoms with Gasteiger partial charge >= 0.3 is 5.97 Å². The minimum Gasteiger partial charge on any atom is -0.456 e. The molecule has 0 fully saturated rings. The Morgan fingerprint density at radius 3 is 2.40 bits per heavy atom. The van der Waals surface area contributed by atoms with Crippen LogP contribution in [0.1, 0.15) is 10.4 Å². The average molecular weight is 268 g/mol. The molecule has 1 rings (SSSR count). The normalized spacial score (nSPS) is 10.4. The van der Waals surface area contributed by atoms with Crippen LogP contribution in [0.25, 0.3) is 0 Å². The molecule has 15 heavy (non-hydrogen) atoms. The van der Waals surface area contributed by atoms with Gasteiger partial charge in [0.05, 0.1) is 22.3 Å². The van der Waals surface area contributed by atoms with Crippen molar-refractivity contribution in [3.05, 3.63) is 34.9 Å². The van der Waals surface area contributed by atoms with Crippen LogP contribution in [0.4, 0.5) is 0 Å². The highest BCUT2D eigenvalue weighted by Crippen LogP contribution is 2.17. The van der Waals surface area contributed by atoms with E-state index in [1.807, 2.05) is 0 Å². The fraction of sp³-hybridized carbons (Fsp3) is 0.300. The smallest absolute Gasteiger partial charge is 0.340 e. The maximum absolute atomic E-state index is 11.6. The average Bonchev–Trinajstić information content (AvgIpc) is 2.26. The third kappa shape index (κ3) is 3.56. The van der Waals surface area contributed by atoms with Crippen molar-refractivity contribution in [2.75, 3.05) is 11.8 Å². The first kappa shape index (κ1) is 12.6. The van der Waals surface area contributed by atoms with Crippen molar-refractivity contribution in [1.82, 2.24) is 0 Å². The maximum atomic E-state index is 11.6. The van der Waals surface area contributed by atoms with Gasteiger partial charge in [-0.2, -0.15) is 0 Å². The number of hydrogen-bond donors (Lipinski definition) is 0. The van der Waals surface area contributed by atoms with Crippen LogP contribution in [0.5, 0.6) is 0 Å². The fourth-order valence-electron chi connectivity index (χ4n) is 0.946. The van der Waals surface area contributed by atoms with Gasteiger partial charge in [-0.1, -0.05) is 23.7 Å². The summed E-state index contributed by atoms with van der Waals surface area (Å²) in [7, 11) is 0. The first-order valence-electron chi connectivity index (χ1n) is 4.26. The number of rotatable bonds is 4. The molecule has 0 N–H and O–H groups in total. The van der Waals surface area contributed by atoms with Crippen LogP contribution in [0.15, 0.2) is 24.3 Å². The van der Waals surface area contributed by atoms with Gasteiger partial charge in [0.1, 0.15) is 6.10 Å². The first-order chi connectivity index (χ1) is 7.19. The summed E-state index contributed by atoms with van der Waals surface area (Å²) < 4.78 is 5.03. The van der Waals surface area contributed by atoms with Gasteiger partial charge in [-0.3, -0.25) is 0 Å². The van der Waals surface area contributed by atoms with E-state index in [0.717, 1.165) is 0 Å². The molecule has 2 nitrogen and oxygen atoms in total. The molecule has 0 spiro atoms. The van der Waals surface area contributed by atoms with Crippen LogP contribution in [0.2, 0.25) is 5.02 Å². The number of halogens is 3. The molecule has 0 unspecified atom stereocenters. The van der Waals surface area contributed by atoms with Crippen molar-refractivity contribution in [2.45, 2.75) is 6.10 Å². The Hall–Kier alpha value is -0.440. The van der Waals surface area contributed by atoms with Gasteiger partial charge < -0.3 is 4.74 Å². The van der Waals surface area contributed by atoms with Crippen LogP contribution >= 0.6 is 34.8 Å². The van der Waals surface area contributed by atoms with Gasteiger partial charge in [-0.25, -0.2) is 4.79 Å². The molecule has 0 atom stereocenters. The summed E-state index contributed by atoms with van der Waals surface area (Å²) in [5.41, 5.74) is 0.319. The number of ether oxygens (including phenoxy) is 1. The second-order valence-corrected chi connectivity index (χ2v) is 3.84. The Morgan fingerprint density at radius 2 is 1.87 bits per heavy atom. The first-order valence-corrected chi connectivity index (χ1v) is 5.71. The highest BCUT2D eigenvalue weighted by atomic mass is 35.5. The van der Waals surface area contributed by atoms with E-state index in [-0.39, 0.29) is 11.8 Å². The summed E-state index contributed by atoms with van der Waals surface area (Å²) in [6.07, 6.45) is -0.489. The number of benzene rings is 1. The van der Waals surface area contributed by atoms with Crippen molar-refractivity contribution >= 4 is 40.8 Å². The molecule has 0 aromatic heterocycles. The zero-order valence-electron chi connectivity index (χ0n) is 7.75. The molecule has 0 saturated heterocycles. The van der Waals surface area contributed by atoms with Gasteiger partial charge in [0.15, 0.2) is 0 Å². The van der Waals surface area contributed by atoms with E-state index in [1.165, 1.54) is 0 Å². The third-order valence-electron chi connectivity index (χ3n) is 1.71. The summed E-state index contributed by atoms with van der Waals surface area (Å²) in [5, 5.41) is 0.352. The molecular formula is C10H9Cl3O2. The number of carbonyl (C=O) groups excluding carboxylic acids is 1. The number of alkyl halides is 2. The SMILES string of the molecule is O=C(OC(CCl)CCl)c1ccccc1Cl. The fourth-order valence-corrected chi connectivity index (χ4v) is 1.61. The molecular weight excluding hydrogens is 258 g/mol. The van der Waals surface area contributed by atoms with Crippen molar-refractivity contribution < 1.29 is 9.53 Å². The lowest BCUT2D eigenvalue weighted by atomic mass is 10.2. The van der Waals surface area contributed by atoms with Crippen molar-refractivity contribution in [1.29, 1.82) is 0 Å². The standard InChI is InChI=1S/C10H9Cl3O2/c11-5-7(6-12)15-10(14)8-3-1-2-4-9(8)13/h1-4,7H,5-6H2. The molecule has 0 heterocycles. The molecule has 0 amide bonds.